The summed E-state index contributed by atoms with van der Waals surface area (Å²) in [6.45, 7) is 12.1. The first-order chi connectivity index (χ1) is 16.7. The summed E-state index contributed by atoms with van der Waals surface area (Å²) in [5.41, 5.74) is 11.1. The van der Waals surface area contributed by atoms with Crippen molar-refractivity contribution in [1.82, 2.24) is 20.3 Å². The molecule has 0 spiro atoms. The first-order valence-corrected chi connectivity index (χ1v) is 13.2. The van der Waals surface area contributed by atoms with E-state index in [4.69, 9.17) is 15.5 Å². The summed E-state index contributed by atoms with van der Waals surface area (Å²) >= 11 is 1.37. The van der Waals surface area contributed by atoms with Gasteiger partial charge in [0.05, 0.1) is 17.9 Å². The Labute approximate surface area is 210 Å². The highest BCUT2D eigenvalue weighted by atomic mass is 32.1. The molecule has 0 unspecified atom stereocenters. The number of amides is 1. The first kappa shape index (κ1) is 23.9. The van der Waals surface area contributed by atoms with Crippen molar-refractivity contribution < 1.29 is 9.53 Å². The van der Waals surface area contributed by atoms with Gasteiger partial charge in [-0.15, -0.1) is 11.3 Å². The van der Waals surface area contributed by atoms with Crippen molar-refractivity contribution in [2.24, 2.45) is 5.92 Å². The fraction of sp³-hybridized carbons (Fsp3) is 0.538. The average molecular weight is 495 g/mol. The van der Waals surface area contributed by atoms with Gasteiger partial charge in [0.15, 0.2) is 0 Å². The number of aryl methyl sites for hydroxylation is 3. The van der Waals surface area contributed by atoms with Crippen molar-refractivity contribution in [3.05, 3.63) is 39.7 Å². The number of carbonyl (C=O) groups is 1. The molecule has 0 saturated carbocycles. The van der Waals surface area contributed by atoms with Crippen LogP contribution in [0, 0.1) is 19.8 Å². The molecule has 3 aromatic rings. The maximum atomic E-state index is 13.1. The van der Waals surface area contributed by atoms with Gasteiger partial charge in [-0.25, -0.2) is 15.0 Å². The molecule has 3 aromatic heterocycles. The summed E-state index contributed by atoms with van der Waals surface area (Å²) in [6.07, 6.45) is 4.72. The van der Waals surface area contributed by atoms with Crippen LogP contribution >= 0.6 is 11.3 Å². The van der Waals surface area contributed by atoms with Crippen LogP contribution in [-0.4, -0.2) is 52.2 Å². The van der Waals surface area contributed by atoms with E-state index in [1.54, 1.807) is 0 Å². The number of thiophene rings is 1. The second-order valence-corrected chi connectivity index (χ2v) is 11.3. The number of nitrogens with two attached hydrogens (primary N) is 1. The van der Waals surface area contributed by atoms with Crippen LogP contribution in [0.4, 0.5) is 11.6 Å². The van der Waals surface area contributed by atoms with E-state index in [1.807, 2.05) is 26.1 Å². The highest BCUT2D eigenvalue weighted by Gasteiger charge is 2.33. The van der Waals surface area contributed by atoms with E-state index in [0.717, 1.165) is 71.0 Å². The minimum Gasteiger partial charge on any atom is -0.397 e. The molecule has 4 heterocycles. The lowest BCUT2D eigenvalue weighted by atomic mass is 9.93. The number of hydrogen-bond acceptors (Lipinski definition) is 8. The molecule has 35 heavy (non-hydrogen) atoms. The topological polar surface area (TPSA) is 106 Å². The molecule has 186 valence electrons. The van der Waals surface area contributed by atoms with E-state index in [2.05, 4.69) is 41.0 Å². The van der Waals surface area contributed by atoms with Crippen LogP contribution in [0.5, 0.6) is 0 Å². The summed E-state index contributed by atoms with van der Waals surface area (Å²) in [5.74, 6) is 1.10. The standard InChI is InChI=1S/C26H34N6O2S/c1-13(2)34-20-12-32(11-15(20)4)26-28-10-17-9-18(6-7-19(17)31-26)30-24(33)23-22(27)21-14(3)8-16(5)29-25(21)35-23/h8,10,13,15,18,20H,6-7,9,11-12,27H2,1-5H3,(H,30,33)/t15-,18-,20-/m0/s1. The third kappa shape index (κ3) is 4.71. The summed E-state index contributed by atoms with van der Waals surface area (Å²) in [7, 11) is 0. The van der Waals surface area contributed by atoms with E-state index in [-0.39, 0.29) is 24.2 Å². The number of hydrogen-bond donors (Lipinski definition) is 2. The number of nitrogens with one attached hydrogen (secondary N) is 1. The molecule has 0 bridgehead atoms. The molecule has 0 radical (unpaired) electrons. The number of carbonyl (C=O) groups excluding carboxylic acids is 1. The number of anilines is 2. The van der Waals surface area contributed by atoms with Crippen LogP contribution in [0.2, 0.25) is 0 Å². The van der Waals surface area contributed by atoms with Crippen LogP contribution in [0.1, 0.15) is 59.4 Å². The van der Waals surface area contributed by atoms with Gasteiger partial charge < -0.3 is 20.7 Å². The fourth-order valence-corrected chi connectivity index (χ4v) is 6.41. The van der Waals surface area contributed by atoms with E-state index < -0.39 is 0 Å². The van der Waals surface area contributed by atoms with Crippen LogP contribution in [0.25, 0.3) is 10.2 Å². The highest BCUT2D eigenvalue weighted by molar-refractivity contribution is 7.21. The SMILES string of the molecule is Cc1cc(C)c2c(N)c(C(=O)N[C@H]3CCc4nc(N5C[C@H](OC(C)C)[C@@H](C)C5)ncc4C3)sc2n1. The number of pyridine rings is 1. The van der Waals surface area contributed by atoms with Crippen LogP contribution in [-0.2, 0) is 17.6 Å². The highest BCUT2D eigenvalue weighted by Crippen LogP contribution is 2.35. The Morgan fingerprint density at radius 2 is 2.09 bits per heavy atom. The van der Waals surface area contributed by atoms with Crippen molar-refractivity contribution in [1.29, 1.82) is 0 Å². The number of nitrogen functional groups attached to an aromatic ring is 1. The molecule has 1 amide bonds. The van der Waals surface area contributed by atoms with E-state index >= 15 is 0 Å². The monoisotopic (exact) mass is 494 g/mol. The quantitative estimate of drug-likeness (QED) is 0.555. The van der Waals surface area contributed by atoms with Crippen molar-refractivity contribution in [2.45, 2.75) is 72.1 Å². The van der Waals surface area contributed by atoms with Crippen LogP contribution in [0.3, 0.4) is 0 Å². The van der Waals surface area contributed by atoms with Gasteiger partial charge in [-0.2, -0.15) is 0 Å². The number of nitrogens with zero attached hydrogens (tertiary/aromatic N) is 4. The lowest BCUT2D eigenvalue weighted by molar-refractivity contribution is 0.0000134. The zero-order valence-electron chi connectivity index (χ0n) is 21.1. The fourth-order valence-electron chi connectivity index (χ4n) is 5.29. The van der Waals surface area contributed by atoms with Gasteiger partial charge >= 0.3 is 0 Å². The van der Waals surface area contributed by atoms with Gasteiger partial charge in [-0.3, -0.25) is 4.79 Å². The summed E-state index contributed by atoms with van der Waals surface area (Å²) in [5, 5.41) is 4.08. The van der Waals surface area contributed by atoms with Gasteiger partial charge in [0.25, 0.3) is 5.91 Å². The molecule has 1 fully saturated rings. The smallest absolute Gasteiger partial charge is 0.263 e. The largest absolute Gasteiger partial charge is 0.397 e. The van der Waals surface area contributed by atoms with Gasteiger partial charge in [0.2, 0.25) is 5.95 Å². The number of aromatic nitrogens is 3. The lowest BCUT2D eigenvalue weighted by Crippen LogP contribution is -2.39. The number of rotatable bonds is 5. The molecule has 0 aromatic carbocycles. The van der Waals surface area contributed by atoms with Gasteiger partial charge in [-0.05, 0) is 64.2 Å². The Morgan fingerprint density at radius 3 is 2.86 bits per heavy atom. The number of ether oxygens (including phenoxy) is 1. The molecular weight excluding hydrogens is 460 g/mol. The van der Waals surface area contributed by atoms with Crippen LogP contribution in [0.15, 0.2) is 12.3 Å². The molecule has 8 nitrogen and oxygen atoms in total. The Kier molecular flexibility index (Phi) is 6.40. The van der Waals surface area contributed by atoms with Crippen molar-refractivity contribution in [3.63, 3.8) is 0 Å². The normalized spacial score (nSPS) is 22.1. The van der Waals surface area contributed by atoms with Gasteiger partial charge in [0, 0.05) is 48.0 Å². The second kappa shape index (κ2) is 9.35. The molecule has 1 aliphatic carbocycles. The zero-order valence-corrected chi connectivity index (χ0v) is 21.9. The molecule has 1 aliphatic heterocycles. The summed E-state index contributed by atoms with van der Waals surface area (Å²) < 4.78 is 6.07. The third-order valence-corrected chi connectivity index (χ3v) is 8.07. The molecule has 2 aliphatic rings. The summed E-state index contributed by atoms with van der Waals surface area (Å²) in [6, 6.07) is 2.03. The molecule has 9 heteroatoms. The zero-order chi connectivity index (χ0) is 24.9. The minimum absolute atomic E-state index is 0.0282. The summed E-state index contributed by atoms with van der Waals surface area (Å²) in [4.78, 5) is 30.9. The predicted molar refractivity (Wildman–Crippen MR) is 140 cm³/mol. The minimum atomic E-state index is -0.129. The van der Waals surface area contributed by atoms with Crippen molar-refractivity contribution in [3.8, 4) is 0 Å². The molecule has 3 atom stereocenters. The van der Waals surface area contributed by atoms with Crippen molar-refractivity contribution >= 4 is 39.1 Å². The van der Waals surface area contributed by atoms with E-state index in [1.165, 1.54) is 11.3 Å². The molecule has 5 rings (SSSR count). The lowest BCUT2D eigenvalue weighted by Gasteiger charge is -2.26. The van der Waals surface area contributed by atoms with Gasteiger partial charge in [-0.1, -0.05) is 6.92 Å². The Bertz CT molecular complexity index is 1270. The maximum absolute atomic E-state index is 13.1. The predicted octanol–water partition coefficient (Wildman–Crippen LogP) is 3.82. The van der Waals surface area contributed by atoms with Crippen molar-refractivity contribution in [2.75, 3.05) is 23.7 Å². The maximum Gasteiger partial charge on any atom is 0.263 e. The number of fused-ring (bicyclic) bond motifs is 2. The third-order valence-electron chi connectivity index (χ3n) is 6.98. The Balaban J connectivity index is 1.27. The average Bonchev–Trinajstić information content (AvgIpc) is 3.32. The second-order valence-electron chi connectivity index (χ2n) is 10.3. The van der Waals surface area contributed by atoms with E-state index in [9.17, 15) is 4.79 Å². The molecule has 3 N–H and O–H groups in total. The first-order valence-electron chi connectivity index (χ1n) is 12.4. The Hall–Kier alpha value is -2.78. The van der Waals surface area contributed by atoms with Crippen LogP contribution < -0.4 is 16.0 Å². The Morgan fingerprint density at radius 1 is 1.29 bits per heavy atom. The van der Waals surface area contributed by atoms with E-state index in [0.29, 0.717) is 16.5 Å². The molecular formula is C26H34N6O2S. The van der Waals surface area contributed by atoms with Gasteiger partial charge in [0.1, 0.15) is 9.71 Å². The molecule has 1 saturated heterocycles.